The third-order valence-corrected chi connectivity index (χ3v) is 24.2. The molecule has 3 aromatic rings. The summed E-state index contributed by atoms with van der Waals surface area (Å²) in [5.41, 5.74) is 18.1. The number of aliphatic carboxylic acids is 2. The van der Waals surface area contributed by atoms with Gasteiger partial charge < -0.3 is 84.7 Å². The molecule has 2 saturated heterocycles. The normalized spacial score (nSPS) is 24.5. The molecule has 18 N–H and O–H groups in total. The van der Waals surface area contributed by atoms with E-state index in [1.54, 1.807) is 30.5 Å². The number of aliphatic hydroxyl groups excluding tert-OH is 1. The van der Waals surface area contributed by atoms with Gasteiger partial charge >= 0.3 is 24.0 Å². The number of nitrogens with zero attached hydrogens (tertiary/aromatic N) is 4. The van der Waals surface area contributed by atoms with Gasteiger partial charge in [-0.1, -0.05) is 71.7 Å². The van der Waals surface area contributed by atoms with E-state index in [-0.39, 0.29) is 127 Å². The summed E-state index contributed by atoms with van der Waals surface area (Å²) in [7, 11) is 1.81. The van der Waals surface area contributed by atoms with Crippen LogP contribution in [0.5, 0.6) is 5.75 Å². The number of unbranched alkanes of at least 4 members (excludes halogenated alkanes) is 2. The number of H-pyrrole nitrogens is 1. The second kappa shape index (κ2) is 48.4. The standard InChI is InChI=1S/C81H111N15O22S2/c1-3-4-5-14-55(98)24-26-71(107)88-61-43-119-120-44-62-66(102)34-47(12-8-27-85-80(83)117)74(110)90-60(33-53-41-87-58-16-7-6-15-57(53)58)65(101)35-49(21-25-70(82)106)76(112)89-59(64(100)39-52(79(115)116)31-46-19-22-56(99)23-20-46)17-10-29-95-42-54(93-94-95)32-50(37-67(61)103)77(113)92-73(45(2)97)69(105)38-51(40-72(108)109)78(114)96-30-11-18-63(96)68(104)36-48(75(111)91-62)13-9-28-86-81(84)118/h6-7,15-16,19-20,22-23,41-42,45,47-52,54,59-63,73,87,97H,3-5,8-14,17-18,21,24-40,43-44H2,1-2H3,(H15-,82,83,84,85,86,88,89,90,91,92,99,106,107,108,109,110,111,112,113,115,116,117,118)/p+1/t45-,47-,48-,49-,50-,51+,52-,54?,59+,60+,61+,62+,63+,73+/m1/s1. The van der Waals surface area contributed by atoms with E-state index in [2.05, 4.69) is 52.5 Å². The fourth-order valence-electron chi connectivity index (χ4n) is 15.1. The Labute approximate surface area is 701 Å². The molecule has 37 nitrogen and oxygen atoms in total. The van der Waals surface area contributed by atoms with Crippen LogP contribution in [0.25, 0.3) is 10.9 Å². The molecule has 14 atom stereocenters. The number of primary amides is 3. The van der Waals surface area contributed by atoms with Gasteiger partial charge in [-0.15, -0.1) is 4.68 Å². The lowest BCUT2D eigenvalue weighted by atomic mass is 9.88. The number of hydrogen-bond donors (Lipinski definition) is 15. The van der Waals surface area contributed by atoms with Gasteiger partial charge in [0, 0.05) is 154 Å². The molecule has 7 rings (SSSR count). The van der Waals surface area contributed by atoms with Gasteiger partial charge in [0.15, 0.2) is 34.7 Å². The topological polar surface area (TPSA) is 597 Å². The van der Waals surface area contributed by atoms with Gasteiger partial charge in [0.05, 0.1) is 54.6 Å². The number of amides is 11. The van der Waals surface area contributed by atoms with E-state index >= 15 is 33.6 Å². The van der Waals surface area contributed by atoms with Crippen molar-refractivity contribution < 1.29 is 111 Å². The van der Waals surface area contributed by atoms with E-state index in [0.29, 0.717) is 28.5 Å². The first-order valence-corrected chi connectivity index (χ1v) is 43.2. The summed E-state index contributed by atoms with van der Waals surface area (Å²) in [6, 6.07) is 0.100. The van der Waals surface area contributed by atoms with Crippen molar-refractivity contribution in [3.63, 3.8) is 0 Å². The lowest BCUT2D eigenvalue weighted by molar-refractivity contribution is -0.532. The zero-order valence-corrected chi connectivity index (χ0v) is 69.1. The number of Topliss-reactive ketones (excluding diaryl/α,β-unsaturated/α-hetero) is 7. The van der Waals surface area contributed by atoms with E-state index in [1.807, 2.05) is 6.92 Å². The van der Waals surface area contributed by atoms with E-state index in [0.717, 1.165) is 46.3 Å². The number of carboxylic acid groups (broad SMARTS) is 2. The number of fused-ring (bicyclic) bond motifs is 11. The molecule has 0 spiro atoms. The van der Waals surface area contributed by atoms with Crippen LogP contribution in [0.15, 0.2) is 65.1 Å². The van der Waals surface area contributed by atoms with Crippen LogP contribution < -0.4 is 54.4 Å². The Bertz CT molecular complexity index is 4270. The predicted octanol–water partition coefficient (Wildman–Crippen LogP) is 2.97. The summed E-state index contributed by atoms with van der Waals surface area (Å²) < 4.78 is 1.32. The van der Waals surface area contributed by atoms with Crippen LogP contribution in [-0.4, -0.2) is 233 Å². The molecule has 0 saturated carbocycles. The SMILES string of the molecule is CCCCCC(=O)CCC(=O)N[C@H]1CSSC[C@@H]2NC(=O)[C@H](CCCNC(N)=O)CC(=O)[C@@H]3CCCN3C(=O)[C@H](CC(=O)O)CC(=O)[C@H]([C@@H](C)O)NC(=O)[C@@H](CC1=O)CC1C=[N+](CCC[C@@H](C(=O)C[C@@H](Cc3ccc(O)cc3)C(=O)O)NC(=O)[C@H](CCC(N)=O)CC(=O)[C@H](Cc3c[nH]c4ccccc34)NC(=O)[C@H](CCCNC(N)=O)CC2=O)N=N1. The fraction of sp³-hybridized carbons (Fsp3) is 0.593. The van der Waals surface area contributed by atoms with Gasteiger partial charge in [0.2, 0.25) is 47.4 Å². The number of para-hydroxylation sites is 1. The van der Waals surface area contributed by atoms with Crippen molar-refractivity contribution in [2.75, 3.05) is 37.7 Å². The molecule has 4 aliphatic rings. The number of aromatic amines is 1. The van der Waals surface area contributed by atoms with Crippen molar-refractivity contribution in [2.45, 2.75) is 229 Å². The van der Waals surface area contributed by atoms with Crippen molar-refractivity contribution >= 4 is 145 Å². The van der Waals surface area contributed by atoms with Crippen molar-refractivity contribution in [1.82, 2.24) is 47.1 Å². The highest BCUT2D eigenvalue weighted by molar-refractivity contribution is 8.76. The molecule has 2 aromatic carbocycles. The van der Waals surface area contributed by atoms with Gasteiger partial charge in [0.1, 0.15) is 35.6 Å². The molecular formula is C81H112N15O22S2+. The molecule has 2 fully saturated rings. The average Bonchev–Trinajstić information content (AvgIpc) is 1.65. The number of nitrogens with one attached hydrogen (secondary N) is 8. The Kier molecular flexibility index (Phi) is 38.9. The van der Waals surface area contributed by atoms with Crippen LogP contribution in [0.4, 0.5) is 9.59 Å². The first kappa shape index (κ1) is 96.3. The van der Waals surface area contributed by atoms with Crippen LogP contribution in [0.1, 0.15) is 179 Å². The average molecular weight is 1710 g/mol. The van der Waals surface area contributed by atoms with Gasteiger partial charge in [0.25, 0.3) is 0 Å². The number of hydrogen-bond acceptors (Lipinski definition) is 24. The molecule has 120 heavy (non-hydrogen) atoms. The van der Waals surface area contributed by atoms with Crippen LogP contribution >= 0.6 is 21.6 Å². The van der Waals surface area contributed by atoms with Crippen molar-refractivity contribution in [3.8, 4) is 5.75 Å². The molecule has 654 valence electrons. The lowest BCUT2D eigenvalue weighted by Gasteiger charge is -2.30. The predicted molar refractivity (Wildman–Crippen MR) is 438 cm³/mol. The molecule has 4 bridgehead atoms. The summed E-state index contributed by atoms with van der Waals surface area (Å²) in [6.45, 7) is 2.57. The van der Waals surface area contributed by atoms with Crippen LogP contribution in [0.2, 0.25) is 0 Å². The number of phenolic OH excluding ortho intramolecular Hbond substituents is 1. The monoisotopic (exact) mass is 1710 g/mol. The second-order valence-electron chi connectivity index (χ2n) is 31.2. The molecular weight excluding hydrogens is 1600 g/mol. The summed E-state index contributed by atoms with van der Waals surface area (Å²) >= 11 is 0. The minimum Gasteiger partial charge on any atom is -0.508 e. The number of carboxylic acids is 2. The van der Waals surface area contributed by atoms with Crippen LogP contribution in [0, 0.1) is 35.5 Å². The number of benzene rings is 2. The number of ketones is 7. The fourth-order valence-corrected chi connectivity index (χ4v) is 17.5. The Morgan fingerprint density at radius 2 is 1.31 bits per heavy atom. The Morgan fingerprint density at radius 1 is 0.667 bits per heavy atom. The quantitative estimate of drug-likeness (QED) is 0.0259. The lowest BCUT2D eigenvalue weighted by Crippen LogP contribution is -2.52. The van der Waals surface area contributed by atoms with E-state index in [9.17, 15) is 73.2 Å². The second-order valence-corrected chi connectivity index (χ2v) is 33.7. The molecule has 39 heteroatoms. The van der Waals surface area contributed by atoms with E-state index < -0.39 is 254 Å². The Hall–Kier alpha value is -10.8. The maximum Gasteiger partial charge on any atom is 0.312 e. The molecule has 1 unspecified atom stereocenters. The number of phenols is 1. The number of carbonyl (C=O) groups excluding carboxylic acids is 16. The van der Waals surface area contributed by atoms with Crippen molar-refractivity contribution in [2.24, 2.45) is 63.0 Å². The van der Waals surface area contributed by atoms with Crippen LogP contribution in [0.3, 0.4) is 0 Å². The maximum atomic E-state index is 15.6. The van der Waals surface area contributed by atoms with Crippen molar-refractivity contribution in [1.29, 1.82) is 0 Å². The summed E-state index contributed by atoms with van der Waals surface area (Å²) in [5.74, 6) is -24.6. The number of rotatable bonds is 30. The largest absolute Gasteiger partial charge is 0.508 e. The molecule has 0 aliphatic carbocycles. The first-order valence-electron chi connectivity index (χ1n) is 40.7. The smallest absolute Gasteiger partial charge is 0.312 e. The maximum absolute atomic E-state index is 15.6. The van der Waals surface area contributed by atoms with Gasteiger partial charge in [-0.3, -0.25) is 76.7 Å². The van der Waals surface area contributed by atoms with Gasteiger partial charge in [-0.05, 0) is 107 Å². The first-order chi connectivity index (χ1) is 57.2. The van der Waals surface area contributed by atoms with E-state index in [1.165, 1.54) is 35.2 Å². The highest BCUT2D eigenvalue weighted by Gasteiger charge is 2.44. The zero-order valence-electron chi connectivity index (χ0n) is 67.5. The van der Waals surface area contributed by atoms with Gasteiger partial charge in [-0.2, -0.15) is 0 Å². The van der Waals surface area contributed by atoms with Crippen molar-refractivity contribution in [3.05, 3.63) is 65.9 Å². The number of nitrogens with two attached hydrogens (primary N) is 3. The molecule has 5 heterocycles. The number of aromatic hydroxyl groups is 1. The number of urea groups is 2. The minimum absolute atomic E-state index is 0.00609. The number of aromatic nitrogens is 1. The van der Waals surface area contributed by atoms with Gasteiger partial charge in [-0.25, -0.2) is 9.59 Å². The Morgan fingerprint density at radius 3 is 1.97 bits per heavy atom. The molecule has 4 aliphatic heterocycles. The number of carbonyl (C=O) groups is 18. The third kappa shape index (κ3) is 31.4. The highest BCUT2D eigenvalue weighted by atomic mass is 33.1. The summed E-state index contributed by atoms with van der Waals surface area (Å²) in [5, 5.41) is 69.8. The Balaban J connectivity index is 1.41. The third-order valence-electron chi connectivity index (χ3n) is 21.8. The molecule has 11 amide bonds. The number of aliphatic hydroxyl groups is 1. The molecule has 1 aromatic heterocycles. The zero-order chi connectivity index (χ0) is 87.7. The minimum atomic E-state index is -1.90. The summed E-state index contributed by atoms with van der Waals surface area (Å²) in [4.78, 5) is 260. The van der Waals surface area contributed by atoms with Crippen LogP contribution in [-0.2, 0) is 89.6 Å². The molecule has 0 radical (unpaired) electrons. The highest BCUT2D eigenvalue weighted by Crippen LogP contribution is 2.32. The van der Waals surface area contributed by atoms with E-state index in [4.69, 9.17) is 17.2 Å². The summed E-state index contributed by atoms with van der Waals surface area (Å²) in [6.07, 6.45) is -4.92.